The number of nitrogens with zero attached hydrogens (tertiary/aromatic N) is 5. The van der Waals surface area contributed by atoms with Crippen LogP contribution in [0.1, 0.15) is 12.5 Å². The maximum absolute atomic E-state index is 9.75. The summed E-state index contributed by atoms with van der Waals surface area (Å²) in [4.78, 5) is 4.52. The van der Waals surface area contributed by atoms with Crippen LogP contribution in [0.2, 0.25) is 0 Å². The van der Waals surface area contributed by atoms with Crippen LogP contribution in [0, 0.1) is 0 Å². The number of hydrogen-bond donors (Lipinski definition) is 2. The van der Waals surface area contributed by atoms with Crippen molar-refractivity contribution in [3.63, 3.8) is 0 Å². The largest absolute Gasteiger partial charge is 0.504 e. The predicted octanol–water partition coefficient (Wildman–Crippen LogP) is 3.83. The number of aromatic nitrogens is 4. The van der Waals surface area contributed by atoms with Gasteiger partial charge in [0.05, 0.1) is 18.3 Å². The number of benzene rings is 2. The van der Waals surface area contributed by atoms with E-state index in [-0.39, 0.29) is 11.7 Å². The summed E-state index contributed by atoms with van der Waals surface area (Å²) in [5, 5.41) is 23.3. The smallest absolute Gasteiger partial charge is 0.265 e. The van der Waals surface area contributed by atoms with Crippen LogP contribution in [0.4, 0.5) is 5.95 Å². The Labute approximate surface area is 169 Å². The zero-order valence-electron chi connectivity index (χ0n) is 15.2. The topological polar surface area (TPSA) is 97.5 Å². The first-order valence-corrected chi connectivity index (χ1v) is 9.39. The van der Waals surface area contributed by atoms with Gasteiger partial charge in [-0.3, -0.25) is 0 Å². The number of aromatic hydroxyl groups is 1. The highest BCUT2D eigenvalue weighted by molar-refractivity contribution is 9.10. The number of fused-ring (bicyclic) bond motifs is 3. The molecule has 4 rings (SSSR count). The second kappa shape index (κ2) is 7.43. The number of rotatable bonds is 5. The van der Waals surface area contributed by atoms with E-state index in [1.54, 1.807) is 24.4 Å². The van der Waals surface area contributed by atoms with Crippen LogP contribution >= 0.6 is 15.9 Å². The molecule has 2 N–H and O–H groups in total. The number of anilines is 1. The fraction of sp³-hybridized carbons (Fsp3) is 0.158. The molecule has 0 radical (unpaired) electrons. The summed E-state index contributed by atoms with van der Waals surface area (Å²) in [6.07, 6.45) is 1.59. The molecular weight excluding hydrogens is 424 g/mol. The second-order valence-electron chi connectivity index (χ2n) is 6.06. The Hall–Kier alpha value is -3.20. The molecular formula is C19H17BrN6O2. The molecule has 0 saturated heterocycles. The monoisotopic (exact) mass is 440 g/mol. The molecule has 0 aliphatic rings. The third-order valence-electron chi connectivity index (χ3n) is 4.22. The van der Waals surface area contributed by atoms with Gasteiger partial charge in [0.25, 0.3) is 5.95 Å². The van der Waals surface area contributed by atoms with Crippen LogP contribution < -0.4 is 10.2 Å². The van der Waals surface area contributed by atoms with E-state index in [4.69, 9.17) is 4.74 Å². The first kappa shape index (κ1) is 18.2. The molecule has 0 spiro atoms. The van der Waals surface area contributed by atoms with E-state index >= 15 is 0 Å². The van der Waals surface area contributed by atoms with Gasteiger partial charge < -0.3 is 14.4 Å². The summed E-state index contributed by atoms with van der Waals surface area (Å²) in [6, 6.07) is 11.0. The maximum Gasteiger partial charge on any atom is 0.265 e. The Balaban J connectivity index is 1.60. The minimum Gasteiger partial charge on any atom is -0.504 e. The highest BCUT2D eigenvalue weighted by Crippen LogP contribution is 2.28. The SMILES string of the molecule is CCOc1cc(/C=N/Nc2nnc3c4cc(Br)ccc4n(C)c3n2)ccc1O. The van der Waals surface area contributed by atoms with Crippen LogP contribution in [0.15, 0.2) is 46.0 Å². The minimum atomic E-state index is 0.0901. The van der Waals surface area contributed by atoms with Gasteiger partial charge in [0, 0.05) is 16.9 Å². The number of hydrazone groups is 1. The number of hydrogen-bond acceptors (Lipinski definition) is 7. The first-order chi connectivity index (χ1) is 13.6. The molecule has 0 aliphatic heterocycles. The Bertz CT molecular complexity index is 1200. The second-order valence-corrected chi connectivity index (χ2v) is 6.97. The van der Waals surface area contributed by atoms with Crippen molar-refractivity contribution in [3.05, 3.63) is 46.4 Å². The number of ether oxygens (including phenoxy) is 1. The predicted molar refractivity (Wildman–Crippen MR) is 112 cm³/mol. The molecule has 0 unspecified atom stereocenters. The molecule has 0 bridgehead atoms. The molecule has 8 nitrogen and oxygen atoms in total. The summed E-state index contributed by atoms with van der Waals surface area (Å²) in [6.45, 7) is 2.32. The molecule has 0 fully saturated rings. The fourth-order valence-electron chi connectivity index (χ4n) is 2.92. The summed E-state index contributed by atoms with van der Waals surface area (Å²) in [7, 11) is 1.94. The standard InChI is InChI=1S/C19H17BrN6O2/c1-3-28-16-8-11(4-7-15(16)27)10-21-24-19-22-18-17(23-25-19)13-9-12(20)5-6-14(13)26(18)2/h4-10,27H,3H2,1-2H3,(H,22,24,25)/b21-10+. The van der Waals surface area contributed by atoms with Gasteiger partial charge in [-0.15, -0.1) is 10.2 Å². The zero-order chi connectivity index (χ0) is 19.7. The van der Waals surface area contributed by atoms with Crippen molar-refractivity contribution < 1.29 is 9.84 Å². The van der Waals surface area contributed by atoms with Crippen LogP contribution in [0.25, 0.3) is 22.1 Å². The van der Waals surface area contributed by atoms with E-state index in [2.05, 4.69) is 41.6 Å². The lowest BCUT2D eigenvalue weighted by Crippen LogP contribution is -2.01. The van der Waals surface area contributed by atoms with Crippen LogP contribution in [-0.2, 0) is 7.05 Å². The van der Waals surface area contributed by atoms with E-state index in [1.165, 1.54) is 0 Å². The molecule has 28 heavy (non-hydrogen) atoms. The molecule has 2 heterocycles. The average molecular weight is 441 g/mol. The average Bonchev–Trinajstić information content (AvgIpc) is 2.96. The Morgan fingerprint density at radius 2 is 2.11 bits per heavy atom. The van der Waals surface area contributed by atoms with Crippen molar-refractivity contribution in [1.29, 1.82) is 0 Å². The lowest BCUT2D eigenvalue weighted by atomic mass is 10.2. The molecule has 2 aromatic heterocycles. The van der Waals surface area contributed by atoms with Crippen molar-refractivity contribution >= 4 is 50.2 Å². The van der Waals surface area contributed by atoms with Crippen LogP contribution in [-0.4, -0.2) is 37.7 Å². The number of aryl methyl sites for hydroxylation is 1. The highest BCUT2D eigenvalue weighted by atomic mass is 79.9. The Morgan fingerprint density at radius 3 is 2.93 bits per heavy atom. The zero-order valence-corrected chi connectivity index (χ0v) is 16.8. The summed E-state index contributed by atoms with van der Waals surface area (Å²) in [5.74, 6) is 0.789. The normalized spacial score (nSPS) is 11.5. The molecule has 2 aromatic carbocycles. The van der Waals surface area contributed by atoms with Crippen molar-refractivity contribution in [3.8, 4) is 11.5 Å². The van der Waals surface area contributed by atoms with Gasteiger partial charge >= 0.3 is 0 Å². The molecule has 0 atom stereocenters. The van der Waals surface area contributed by atoms with Crippen LogP contribution in [0.3, 0.4) is 0 Å². The lowest BCUT2D eigenvalue weighted by Gasteiger charge is -2.06. The van der Waals surface area contributed by atoms with Crippen molar-refractivity contribution in [1.82, 2.24) is 19.7 Å². The van der Waals surface area contributed by atoms with E-state index in [0.29, 0.717) is 18.0 Å². The van der Waals surface area contributed by atoms with Gasteiger partial charge in [-0.2, -0.15) is 10.1 Å². The Morgan fingerprint density at radius 1 is 1.25 bits per heavy atom. The molecule has 0 saturated carbocycles. The van der Waals surface area contributed by atoms with Gasteiger partial charge in [0.1, 0.15) is 5.52 Å². The van der Waals surface area contributed by atoms with Crippen molar-refractivity contribution in [2.24, 2.45) is 12.1 Å². The maximum atomic E-state index is 9.75. The number of nitrogens with one attached hydrogen (secondary N) is 1. The van der Waals surface area contributed by atoms with Crippen molar-refractivity contribution in [2.75, 3.05) is 12.0 Å². The van der Waals surface area contributed by atoms with E-state index in [1.807, 2.05) is 36.7 Å². The third-order valence-corrected chi connectivity index (χ3v) is 4.72. The molecule has 0 aliphatic carbocycles. The number of phenols is 1. The van der Waals surface area contributed by atoms with E-state index in [0.717, 1.165) is 26.5 Å². The van der Waals surface area contributed by atoms with E-state index < -0.39 is 0 Å². The first-order valence-electron chi connectivity index (χ1n) is 8.60. The number of halogens is 1. The Kier molecular flexibility index (Phi) is 4.82. The van der Waals surface area contributed by atoms with Gasteiger partial charge in [0.15, 0.2) is 17.1 Å². The number of phenolic OH excluding ortho intramolecular Hbond substituents is 1. The highest BCUT2D eigenvalue weighted by Gasteiger charge is 2.12. The lowest BCUT2D eigenvalue weighted by molar-refractivity contribution is 0.318. The molecule has 0 amide bonds. The van der Waals surface area contributed by atoms with E-state index in [9.17, 15) is 5.11 Å². The van der Waals surface area contributed by atoms with Gasteiger partial charge in [-0.1, -0.05) is 15.9 Å². The van der Waals surface area contributed by atoms with Crippen molar-refractivity contribution in [2.45, 2.75) is 6.92 Å². The summed E-state index contributed by atoms with van der Waals surface area (Å²) >= 11 is 3.48. The van der Waals surface area contributed by atoms with Crippen LogP contribution in [0.5, 0.6) is 11.5 Å². The summed E-state index contributed by atoms with van der Waals surface area (Å²) in [5.41, 5.74) is 6.02. The van der Waals surface area contributed by atoms with Gasteiger partial charge in [-0.25, -0.2) is 5.43 Å². The third kappa shape index (κ3) is 3.36. The van der Waals surface area contributed by atoms with Gasteiger partial charge in [0.2, 0.25) is 0 Å². The summed E-state index contributed by atoms with van der Waals surface area (Å²) < 4.78 is 8.31. The fourth-order valence-corrected chi connectivity index (χ4v) is 3.29. The molecule has 4 aromatic rings. The molecule has 9 heteroatoms. The quantitative estimate of drug-likeness (QED) is 0.361. The van der Waals surface area contributed by atoms with Gasteiger partial charge in [-0.05, 0) is 48.9 Å². The minimum absolute atomic E-state index is 0.0901. The molecule has 142 valence electrons.